The summed E-state index contributed by atoms with van der Waals surface area (Å²) >= 11 is 0. The fourth-order valence-electron chi connectivity index (χ4n) is 0.990. The van der Waals surface area contributed by atoms with E-state index in [0.717, 1.165) is 12.2 Å². The van der Waals surface area contributed by atoms with Crippen LogP contribution in [0.15, 0.2) is 48.3 Å². The Balaban J connectivity index is 4.24. The zero-order chi connectivity index (χ0) is 10.8. The van der Waals surface area contributed by atoms with Crippen LogP contribution < -0.4 is 0 Å². The summed E-state index contributed by atoms with van der Waals surface area (Å²) in [6.07, 6.45) is 10.9. The maximum Gasteiger partial charge on any atom is 0.115 e. The molecular weight excluding hydrogens is 172 g/mol. The summed E-state index contributed by atoms with van der Waals surface area (Å²) in [5.74, 6) is 0.887. The van der Waals surface area contributed by atoms with Gasteiger partial charge in [-0.05, 0) is 32.4 Å². The topological polar surface area (TPSA) is 9.23 Å². The van der Waals surface area contributed by atoms with E-state index in [-0.39, 0.29) is 0 Å². The summed E-state index contributed by atoms with van der Waals surface area (Å²) in [7, 11) is 0. The largest absolute Gasteiger partial charge is 0.490 e. The zero-order valence-corrected chi connectivity index (χ0v) is 9.42. The molecule has 1 heteroatoms. The first-order valence-electron chi connectivity index (χ1n) is 5.01. The third kappa shape index (κ3) is 5.41. The van der Waals surface area contributed by atoms with Crippen LogP contribution in [-0.2, 0) is 4.74 Å². The van der Waals surface area contributed by atoms with Crippen molar-refractivity contribution in [3.63, 3.8) is 0 Å². The Labute approximate surface area is 87.5 Å². The first kappa shape index (κ1) is 12.8. The molecule has 1 nitrogen and oxygen atoms in total. The van der Waals surface area contributed by atoms with Crippen LogP contribution in [0.3, 0.4) is 0 Å². The number of hydrogen-bond donors (Lipinski definition) is 0. The van der Waals surface area contributed by atoms with Crippen molar-refractivity contribution in [2.45, 2.75) is 27.2 Å². The van der Waals surface area contributed by atoms with Crippen molar-refractivity contribution in [3.8, 4) is 0 Å². The van der Waals surface area contributed by atoms with Crippen molar-refractivity contribution in [1.29, 1.82) is 0 Å². The van der Waals surface area contributed by atoms with Gasteiger partial charge in [0.2, 0.25) is 0 Å². The summed E-state index contributed by atoms with van der Waals surface area (Å²) in [5, 5.41) is 0. The molecule has 0 rings (SSSR count). The molecular formula is C13H20O. The maximum atomic E-state index is 5.41. The maximum absolute atomic E-state index is 5.41. The molecule has 0 saturated carbocycles. The minimum atomic E-state index is 0.557. The Bertz CT molecular complexity index is 244. The van der Waals surface area contributed by atoms with Crippen molar-refractivity contribution in [2.24, 2.45) is 0 Å². The molecule has 0 unspecified atom stereocenters. The summed E-state index contributed by atoms with van der Waals surface area (Å²) in [6.45, 7) is 10.3. The Hall–Kier alpha value is -1.24. The Morgan fingerprint density at radius 2 is 1.93 bits per heavy atom. The summed E-state index contributed by atoms with van der Waals surface area (Å²) in [4.78, 5) is 0. The third-order valence-electron chi connectivity index (χ3n) is 1.89. The molecule has 0 radical (unpaired) electrons. The van der Waals surface area contributed by atoms with Gasteiger partial charge in [-0.3, -0.25) is 0 Å². The predicted molar refractivity (Wildman–Crippen MR) is 63.1 cm³/mol. The molecule has 0 saturated heterocycles. The second-order valence-corrected chi connectivity index (χ2v) is 2.84. The van der Waals surface area contributed by atoms with E-state index in [2.05, 4.69) is 25.7 Å². The second kappa shape index (κ2) is 8.36. The molecule has 0 fully saturated rings. The Morgan fingerprint density at radius 1 is 1.21 bits per heavy atom. The van der Waals surface area contributed by atoms with Gasteiger partial charge in [-0.2, -0.15) is 0 Å². The standard InChI is InChI=1S/C13H20O/c1-5-11-14-13(8-4)10-9-12(6-2)7-3/h5-6,8-10H,1,7,11H2,2-4H3/b10-9-,12-6-,13-8+. The SMILES string of the molecule is C=CCOC(/C=C\C(=C/C)CC)=C/C. The van der Waals surface area contributed by atoms with E-state index in [1.165, 1.54) is 5.57 Å². The van der Waals surface area contributed by atoms with E-state index in [9.17, 15) is 0 Å². The molecule has 0 aromatic rings. The van der Waals surface area contributed by atoms with E-state index < -0.39 is 0 Å². The highest BCUT2D eigenvalue weighted by molar-refractivity contribution is 5.24. The van der Waals surface area contributed by atoms with Crippen LogP contribution in [0.5, 0.6) is 0 Å². The van der Waals surface area contributed by atoms with Gasteiger partial charge in [0.1, 0.15) is 12.4 Å². The van der Waals surface area contributed by atoms with Gasteiger partial charge >= 0.3 is 0 Å². The molecule has 0 aromatic heterocycles. The van der Waals surface area contributed by atoms with Crippen LogP contribution >= 0.6 is 0 Å². The van der Waals surface area contributed by atoms with Crippen molar-refractivity contribution in [2.75, 3.05) is 6.61 Å². The van der Waals surface area contributed by atoms with Crippen molar-refractivity contribution in [3.05, 3.63) is 48.3 Å². The lowest BCUT2D eigenvalue weighted by atomic mass is 10.2. The second-order valence-electron chi connectivity index (χ2n) is 2.84. The Kier molecular flexibility index (Phi) is 7.62. The average molecular weight is 192 g/mol. The minimum absolute atomic E-state index is 0.557. The highest BCUT2D eigenvalue weighted by Gasteiger charge is 1.90. The average Bonchev–Trinajstić information content (AvgIpc) is 2.23. The number of rotatable bonds is 6. The normalized spacial score (nSPS) is 13.4. The summed E-state index contributed by atoms with van der Waals surface area (Å²) in [5.41, 5.74) is 1.31. The van der Waals surface area contributed by atoms with E-state index in [1.54, 1.807) is 6.08 Å². The molecule has 0 N–H and O–H groups in total. The summed E-state index contributed by atoms with van der Waals surface area (Å²) < 4.78 is 5.41. The monoisotopic (exact) mass is 192 g/mol. The van der Waals surface area contributed by atoms with Crippen molar-refractivity contribution < 1.29 is 4.74 Å². The Morgan fingerprint density at radius 3 is 2.36 bits per heavy atom. The molecule has 78 valence electrons. The smallest absolute Gasteiger partial charge is 0.115 e. The van der Waals surface area contributed by atoms with Crippen LogP contribution in [0.1, 0.15) is 27.2 Å². The molecule has 0 atom stereocenters. The lowest BCUT2D eigenvalue weighted by Gasteiger charge is -2.03. The van der Waals surface area contributed by atoms with Gasteiger partial charge in [-0.1, -0.05) is 37.3 Å². The molecule has 0 heterocycles. The quantitative estimate of drug-likeness (QED) is 0.351. The molecule has 0 bridgehead atoms. The molecule has 0 aliphatic heterocycles. The van der Waals surface area contributed by atoms with E-state index >= 15 is 0 Å². The minimum Gasteiger partial charge on any atom is -0.490 e. The highest BCUT2D eigenvalue weighted by atomic mass is 16.5. The molecule has 0 spiro atoms. The van der Waals surface area contributed by atoms with Crippen LogP contribution in [-0.4, -0.2) is 6.61 Å². The van der Waals surface area contributed by atoms with E-state index in [1.807, 2.05) is 26.0 Å². The lowest BCUT2D eigenvalue weighted by molar-refractivity contribution is 0.261. The van der Waals surface area contributed by atoms with Crippen LogP contribution in [0.2, 0.25) is 0 Å². The van der Waals surface area contributed by atoms with Crippen molar-refractivity contribution >= 4 is 0 Å². The fraction of sp³-hybridized carbons (Fsp3) is 0.385. The summed E-state index contributed by atoms with van der Waals surface area (Å²) in [6, 6.07) is 0. The molecule has 0 amide bonds. The van der Waals surface area contributed by atoms with Crippen molar-refractivity contribution in [1.82, 2.24) is 0 Å². The number of ether oxygens (including phenoxy) is 1. The third-order valence-corrected chi connectivity index (χ3v) is 1.89. The van der Waals surface area contributed by atoms with Gasteiger partial charge in [-0.15, -0.1) is 0 Å². The lowest BCUT2D eigenvalue weighted by Crippen LogP contribution is -1.88. The van der Waals surface area contributed by atoms with Gasteiger partial charge in [0.05, 0.1) is 0 Å². The molecule has 0 aliphatic rings. The van der Waals surface area contributed by atoms with E-state index in [0.29, 0.717) is 6.61 Å². The predicted octanol–water partition coefficient (Wildman–Crippen LogP) is 4.01. The van der Waals surface area contributed by atoms with Gasteiger partial charge in [0.15, 0.2) is 0 Å². The molecule has 14 heavy (non-hydrogen) atoms. The van der Waals surface area contributed by atoms with Crippen LogP contribution in [0.25, 0.3) is 0 Å². The molecule has 0 aliphatic carbocycles. The van der Waals surface area contributed by atoms with Crippen LogP contribution in [0, 0.1) is 0 Å². The van der Waals surface area contributed by atoms with Gasteiger partial charge in [0, 0.05) is 0 Å². The van der Waals surface area contributed by atoms with Gasteiger partial charge in [0.25, 0.3) is 0 Å². The number of hydrogen-bond acceptors (Lipinski definition) is 1. The zero-order valence-electron chi connectivity index (χ0n) is 9.42. The van der Waals surface area contributed by atoms with Gasteiger partial charge in [-0.25, -0.2) is 0 Å². The first-order chi connectivity index (χ1) is 6.78. The highest BCUT2D eigenvalue weighted by Crippen LogP contribution is 2.06. The molecule has 0 aromatic carbocycles. The fourth-order valence-corrected chi connectivity index (χ4v) is 0.990. The first-order valence-corrected chi connectivity index (χ1v) is 5.01. The van der Waals surface area contributed by atoms with E-state index in [4.69, 9.17) is 4.74 Å². The van der Waals surface area contributed by atoms with Gasteiger partial charge < -0.3 is 4.74 Å². The van der Waals surface area contributed by atoms with Crippen LogP contribution in [0.4, 0.5) is 0 Å². The number of allylic oxidation sites excluding steroid dienone is 5.